The average Bonchev–Trinajstić information content (AvgIpc) is 3.23. The van der Waals surface area contributed by atoms with Crippen LogP contribution in [0.15, 0.2) is 23.1 Å². The van der Waals surface area contributed by atoms with Gasteiger partial charge in [0.05, 0.1) is 18.2 Å². The van der Waals surface area contributed by atoms with E-state index in [1.807, 2.05) is 6.92 Å². The van der Waals surface area contributed by atoms with Crippen LogP contribution in [-0.4, -0.2) is 53.3 Å². The summed E-state index contributed by atoms with van der Waals surface area (Å²) in [5.41, 5.74) is 0.323. The van der Waals surface area contributed by atoms with Crippen molar-refractivity contribution in [3.8, 4) is 0 Å². The third kappa shape index (κ3) is 2.58. The highest BCUT2D eigenvalue weighted by molar-refractivity contribution is 5.94. The van der Waals surface area contributed by atoms with Crippen LogP contribution in [0.4, 0.5) is 0 Å². The van der Waals surface area contributed by atoms with Crippen molar-refractivity contribution in [2.45, 2.75) is 50.9 Å². The second kappa shape index (κ2) is 6.33. The van der Waals surface area contributed by atoms with Gasteiger partial charge in [-0.15, -0.1) is 0 Å². The number of ether oxygens (including phenoxy) is 1. The fourth-order valence-electron chi connectivity index (χ4n) is 4.49. The lowest BCUT2D eigenvalue weighted by molar-refractivity contribution is -0.0747. The summed E-state index contributed by atoms with van der Waals surface area (Å²) in [6.45, 7) is 5.50. The van der Waals surface area contributed by atoms with Crippen LogP contribution in [0.25, 0.3) is 0 Å². The standard InChI is InChI=1S/C18H25N3O3/c1-2-20-9-5-12(11-14(20)22)18(23)19-15-13-6-10-24-17(13)16(15)21-7-3-4-8-21/h5,9,11,13,15-17H,2-4,6-8,10H2,1H3,(H,19,23)/t13-,15+,16-,17-/m1/s1. The Morgan fingerprint density at radius 1 is 1.38 bits per heavy atom. The van der Waals surface area contributed by atoms with Crippen molar-refractivity contribution >= 4 is 5.91 Å². The first-order valence-corrected chi connectivity index (χ1v) is 9.06. The van der Waals surface area contributed by atoms with Crippen molar-refractivity contribution in [1.29, 1.82) is 0 Å². The van der Waals surface area contributed by atoms with Crippen molar-refractivity contribution in [3.63, 3.8) is 0 Å². The first kappa shape index (κ1) is 15.8. The Bertz CT molecular complexity index is 676. The van der Waals surface area contributed by atoms with Crippen molar-refractivity contribution in [3.05, 3.63) is 34.2 Å². The molecule has 24 heavy (non-hydrogen) atoms. The molecule has 2 aliphatic heterocycles. The Kier molecular flexibility index (Phi) is 4.18. The molecule has 0 aromatic carbocycles. The van der Waals surface area contributed by atoms with E-state index in [1.54, 1.807) is 16.8 Å². The van der Waals surface area contributed by atoms with Crippen LogP contribution < -0.4 is 10.9 Å². The number of nitrogens with zero attached hydrogens (tertiary/aromatic N) is 2. The van der Waals surface area contributed by atoms with Gasteiger partial charge in [-0.1, -0.05) is 0 Å². The van der Waals surface area contributed by atoms with Crippen LogP contribution in [-0.2, 0) is 11.3 Å². The van der Waals surface area contributed by atoms with Gasteiger partial charge in [-0.25, -0.2) is 0 Å². The third-order valence-corrected chi connectivity index (χ3v) is 5.81. The molecule has 1 aliphatic carbocycles. The van der Waals surface area contributed by atoms with Crippen LogP contribution in [0.5, 0.6) is 0 Å². The average molecular weight is 331 g/mol. The number of carbonyl (C=O) groups excluding carboxylic acids is 1. The Hall–Kier alpha value is -1.66. The second-order valence-electron chi connectivity index (χ2n) is 7.06. The maximum absolute atomic E-state index is 12.6. The summed E-state index contributed by atoms with van der Waals surface area (Å²) in [5, 5.41) is 3.19. The maximum atomic E-state index is 12.6. The Labute approximate surface area is 141 Å². The molecule has 0 bridgehead atoms. The van der Waals surface area contributed by atoms with Crippen molar-refractivity contribution in [1.82, 2.24) is 14.8 Å². The van der Waals surface area contributed by atoms with Crippen molar-refractivity contribution in [2.75, 3.05) is 19.7 Å². The molecule has 1 aromatic rings. The Morgan fingerprint density at radius 2 is 2.17 bits per heavy atom. The van der Waals surface area contributed by atoms with E-state index in [4.69, 9.17) is 4.74 Å². The molecule has 1 N–H and O–H groups in total. The molecule has 3 fully saturated rings. The Morgan fingerprint density at radius 3 is 2.88 bits per heavy atom. The van der Waals surface area contributed by atoms with Gasteiger partial charge < -0.3 is 14.6 Å². The van der Waals surface area contributed by atoms with Crippen LogP contribution >= 0.6 is 0 Å². The minimum Gasteiger partial charge on any atom is -0.376 e. The summed E-state index contributed by atoms with van der Waals surface area (Å²) in [4.78, 5) is 27.1. The largest absolute Gasteiger partial charge is 0.376 e. The molecular weight excluding hydrogens is 306 g/mol. The zero-order chi connectivity index (χ0) is 16.7. The fraction of sp³-hybridized carbons (Fsp3) is 0.667. The number of hydrogen-bond donors (Lipinski definition) is 1. The number of nitrogens with one attached hydrogen (secondary N) is 1. The molecule has 3 heterocycles. The van der Waals surface area contributed by atoms with Gasteiger partial charge in [0.2, 0.25) is 0 Å². The number of pyridine rings is 1. The first-order chi connectivity index (χ1) is 11.7. The molecule has 6 nitrogen and oxygen atoms in total. The zero-order valence-corrected chi connectivity index (χ0v) is 14.1. The van der Waals surface area contributed by atoms with Crippen LogP contribution in [0.2, 0.25) is 0 Å². The SMILES string of the molecule is CCn1ccc(C(=O)N[C@H]2[C@H]3CCO[C@H]3[C@@H]2N2CCCC2)cc1=O. The monoisotopic (exact) mass is 331 g/mol. The highest BCUT2D eigenvalue weighted by atomic mass is 16.5. The van der Waals surface area contributed by atoms with E-state index in [0.29, 0.717) is 24.1 Å². The number of amides is 1. The number of carbonyl (C=O) groups is 1. The summed E-state index contributed by atoms with van der Waals surface area (Å²) in [5.74, 6) is 0.269. The molecule has 0 radical (unpaired) electrons. The van der Waals surface area contributed by atoms with Gasteiger partial charge in [-0.2, -0.15) is 0 Å². The number of rotatable bonds is 4. The smallest absolute Gasteiger partial charge is 0.251 e. The second-order valence-corrected chi connectivity index (χ2v) is 7.06. The number of fused-ring (bicyclic) bond motifs is 1. The van der Waals surface area contributed by atoms with Gasteiger partial charge in [0.25, 0.3) is 11.5 Å². The van der Waals surface area contributed by atoms with Crippen LogP contribution in [0.1, 0.15) is 36.5 Å². The van der Waals surface area contributed by atoms with E-state index >= 15 is 0 Å². The van der Waals surface area contributed by atoms with E-state index in [2.05, 4.69) is 10.2 Å². The highest BCUT2D eigenvalue weighted by Gasteiger charge is 2.56. The molecule has 2 saturated heterocycles. The number of likely N-dealkylation sites (tertiary alicyclic amines) is 1. The lowest BCUT2D eigenvalue weighted by Crippen LogP contribution is -2.70. The maximum Gasteiger partial charge on any atom is 0.251 e. The molecule has 0 spiro atoms. The molecule has 3 aliphatic rings. The molecule has 1 aromatic heterocycles. The summed E-state index contributed by atoms with van der Waals surface area (Å²) in [6.07, 6.45) is 5.42. The summed E-state index contributed by atoms with van der Waals surface area (Å²) in [6, 6.07) is 3.59. The highest BCUT2D eigenvalue weighted by Crippen LogP contribution is 2.42. The van der Waals surface area contributed by atoms with Gasteiger partial charge in [0.1, 0.15) is 0 Å². The Balaban J connectivity index is 1.49. The fourth-order valence-corrected chi connectivity index (χ4v) is 4.49. The lowest BCUT2D eigenvalue weighted by Gasteiger charge is -2.51. The van der Waals surface area contributed by atoms with E-state index in [9.17, 15) is 9.59 Å². The van der Waals surface area contributed by atoms with Crippen LogP contribution in [0, 0.1) is 5.92 Å². The van der Waals surface area contributed by atoms with E-state index in [1.165, 1.54) is 18.9 Å². The van der Waals surface area contributed by atoms with E-state index in [0.717, 1.165) is 26.1 Å². The normalized spacial score (nSPS) is 32.4. The van der Waals surface area contributed by atoms with Gasteiger partial charge >= 0.3 is 0 Å². The van der Waals surface area contributed by atoms with Gasteiger partial charge in [0.15, 0.2) is 0 Å². The number of aromatic nitrogens is 1. The topological polar surface area (TPSA) is 63.6 Å². The van der Waals surface area contributed by atoms with E-state index < -0.39 is 0 Å². The molecule has 4 rings (SSSR count). The summed E-state index contributed by atoms with van der Waals surface area (Å²) < 4.78 is 7.49. The first-order valence-electron chi connectivity index (χ1n) is 9.06. The quantitative estimate of drug-likeness (QED) is 0.888. The molecule has 1 amide bonds. The lowest BCUT2D eigenvalue weighted by atomic mass is 9.70. The molecule has 4 atom stereocenters. The molecule has 1 saturated carbocycles. The summed E-state index contributed by atoms with van der Waals surface area (Å²) in [7, 11) is 0. The molecule has 6 heteroatoms. The van der Waals surface area contributed by atoms with Gasteiger partial charge in [-0.3, -0.25) is 14.5 Å². The van der Waals surface area contributed by atoms with Gasteiger partial charge in [-0.05, 0) is 45.3 Å². The predicted octanol–water partition coefficient (Wildman–Crippen LogP) is 0.850. The molecule has 130 valence electrons. The third-order valence-electron chi connectivity index (χ3n) is 5.81. The zero-order valence-electron chi connectivity index (χ0n) is 14.1. The molecular formula is C18H25N3O3. The molecule has 0 unspecified atom stereocenters. The minimum absolute atomic E-state index is 0.128. The minimum atomic E-state index is -0.144. The van der Waals surface area contributed by atoms with Gasteiger partial charge in [0, 0.05) is 36.9 Å². The number of hydrogen-bond acceptors (Lipinski definition) is 4. The summed E-state index contributed by atoms with van der Waals surface area (Å²) >= 11 is 0. The predicted molar refractivity (Wildman–Crippen MR) is 90.1 cm³/mol. The van der Waals surface area contributed by atoms with E-state index in [-0.39, 0.29) is 23.6 Å². The number of aryl methyl sites for hydroxylation is 1. The van der Waals surface area contributed by atoms with Crippen molar-refractivity contribution in [2.24, 2.45) is 5.92 Å². The van der Waals surface area contributed by atoms with Crippen LogP contribution in [0.3, 0.4) is 0 Å². The van der Waals surface area contributed by atoms with Crippen molar-refractivity contribution < 1.29 is 9.53 Å².